The fourth-order valence-electron chi connectivity index (χ4n) is 1.66. The van der Waals surface area contributed by atoms with Crippen LogP contribution in [0.3, 0.4) is 0 Å². The Kier molecular flexibility index (Phi) is 3.94. The lowest BCUT2D eigenvalue weighted by molar-refractivity contribution is 0.393. The number of hydrogen-bond acceptors (Lipinski definition) is 3. The minimum absolute atomic E-state index is 0.691. The third-order valence-electron chi connectivity index (χ3n) is 2.64. The third kappa shape index (κ3) is 3.20. The van der Waals surface area contributed by atoms with Crippen molar-refractivity contribution in [3.63, 3.8) is 0 Å². The maximum Gasteiger partial charge on any atom is 0.138 e. The molecule has 0 saturated heterocycles. The van der Waals surface area contributed by atoms with E-state index in [-0.39, 0.29) is 0 Å². The first-order valence-corrected chi connectivity index (χ1v) is 5.82. The minimum Gasteiger partial charge on any atom is -0.497 e. The topological polar surface area (TPSA) is 44.5 Å². The van der Waals surface area contributed by atoms with Gasteiger partial charge < -0.3 is 15.2 Å². The van der Waals surface area contributed by atoms with Crippen LogP contribution in [0, 0.1) is 11.8 Å². The minimum atomic E-state index is 0.691. The number of nitrogen functional groups attached to an aromatic ring is 1. The third-order valence-corrected chi connectivity index (χ3v) is 2.64. The Labute approximate surface area is 113 Å². The number of benzene rings is 2. The molecule has 2 aromatic carbocycles. The van der Waals surface area contributed by atoms with Crippen molar-refractivity contribution in [2.75, 3.05) is 20.0 Å². The summed E-state index contributed by atoms with van der Waals surface area (Å²) in [7, 11) is 3.23. The van der Waals surface area contributed by atoms with Crippen molar-refractivity contribution >= 4 is 5.69 Å². The Morgan fingerprint density at radius 2 is 1.79 bits per heavy atom. The Bertz CT molecular complexity index is 639. The lowest BCUT2D eigenvalue weighted by Gasteiger charge is -2.05. The van der Waals surface area contributed by atoms with Crippen molar-refractivity contribution < 1.29 is 9.47 Å². The highest BCUT2D eigenvalue weighted by atomic mass is 16.5. The first-order valence-electron chi connectivity index (χ1n) is 5.82. The summed E-state index contributed by atoms with van der Waals surface area (Å²) in [6.07, 6.45) is 0. The van der Waals surface area contributed by atoms with E-state index in [2.05, 4.69) is 11.8 Å². The number of nitrogens with two attached hydrogens (primary N) is 1. The van der Waals surface area contributed by atoms with Crippen LogP contribution in [-0.4, -0.2) is 14.2 Å². The molecule has 0 atom stereocenters. The first-order chi connectivity index (χ1) is 9.22. The summed E-state index contributed by atoms with van der Waals surface area (Å²) in [5.74, 6) is 7.57. The monoisotopic (exact) mass is 253 g/mol. The normalized spacial score (nSPS) is 9.37. The zero-order valence-electron chi connectivity index (χ0n) is 10.9. The molecule has 3 nitrogen and oxygen atoms in total. The lowest BCUT2D eigenvalue weighted by Crippen LogP contribution is -1.90. The fraction of sp³-hybridized carbons (Fsp3) is 0.125. The summed E-state index contributed by atoms with van der Waals surface area (Å²) < 4.78 is 10.4. The van der Waals surface area contributed by atoms with Gasteiger partial charge in [0, 0.05) is 17.3 Å². The average molecular weight is 253 g/mol. The summed E-state index contributed by atoms with van der Waals surface area (Å²) >= 11 is 0. The van der Waals surface area contributed by atoms with Crippen LogP contribution < -0.4 is 15.2 Å². The molecule has 0 saturated carbocycles. The molecular weight excluding hydrogens is 238 g/mol. The standard InChI is InChI=1S/C16H15NO2/c1-18-15-9-8-13(16(11-15)19-2)7-6-12-4-3-5-14(17)10-12/h3-5,8-11H,17H2,1-2H3. The van der Waals surface area contributed by atoms with E-state index in [4.69, 9.17) is 15.2 Å². The molecule has 0 aromatic heterocycles. The van der Waals surface area contributed by atoms with Crippen LogP contribution in [-0.2, 0) is 0 Å². The summed E-state index contributed by atoms with van der Waals surface area (Å²) in [5, 5.41) is 0. The second-order valence-electron chi connectivity index (χ2n) is 3.94. The zero-order chi connectivity index (χ0) is 13.7. The molecule has 2 N–H and O–H groups in total. The van der Waals surface area contributed by atoms with Crippen molar-refractivity contribution in [3.8, 4) is 23.3 Å². The predicted molar refractivity (Wildman–Crippen MR) is 76.4 cm³/mol. The number of anilines is 1. The second kappa shape index (κ2) is 5.83. The SMILES string of the molecule is COc1ccc(C#Cc2cccc(N)c2)c(OC)c1. The van der Waals surface area contributed by atoms with Crippen LogP contribution in [0.2, 0.25) is 0 Å². The molecule has 0 radical (unpaired) electrons. The Hall–Kier alpha value is -2.60. The largest absolute Gasteiger partial charge is 0.497 e. The number of rotatable bonds is 2. The molecule has 19 heavy (non-hydrogen) atoms. The molecule has 2 rings (SSSR count). The highest BCUT2D eigenvalue weighted by molar-refractivity contribution is 5.54. The van der Waals surface area contributed by atoms with Gasteiger partial charge in [-0.05, 0) is 30.3 Å². The van der Waals surface area contributed by atoms with E-state index in [0.29, 0.717) is 11.4 Å². The molecule has 2 aromatic rings. The van der Waals surface area contributed by atoms with Gasteiger partial charge in [0.25, 0.3) is 0 Å². The van der Waals surface area contributed by atoms with Gasteiger partial charge in [-0.25, -0.2) is 0 Å². The molecule has 96 valence electrons. The highest BCUT2D eigenvalue weighted by Gasteiger charge is 2.01. The molecule has 0 heterocycles. The molecular formula is C16H15NO2. The summed E-state index contributed by atoms with van der Waals surface area (Å²) in [6.45, 7) is 0. The van der Waals surface area contributed by atoms with Crippen molar-refractivity contribution in [2.45, 2.75) is 0 Å². The predicted octanol–water partition coefficient (Wildman–Crippen LogP) is 2.69. The highest BCUT2D eigenvalue weighted by Crippen LogP contribution is 2.23. The maximum atomic E-state index is 5.71. The van der Waals surface area contributed by atoms with E-state index in [9.17, 15) is 0 Å². The summed E-state index contributed by atoms with van der Waals surface area (Å²) in [4.78, 5) is 0. The van der Waals surface area contributed by atoms with Gasteiger partial charge in [-0.2, -0.15) is 0 Å². The molecule has 0 aliphatic carbocycles. The molecule has 0 fully saturated rings. The Morgan fingerprint density at radius 3 is 2.47 bits per heavy atom. The Balaban J connectivity index is 2.34. The van der Waals surface area contributed by atoms with Gasteiger partial charge >= 0.3 is 0 Å². The number of methoxy groups -OCH3 is 2. The van der Waals surface area contributed by atoms with Gasteiger partial charge in [0.05, 0.1) is 19.8 Å². The van der Waals surface area contributed by atoms with Crippen LogP contribution in [0.25, 0.3) is 0 Å². The first kappa shape index (κ1) is 12.8. The lowest BCUT2D eigenvalue weighted by atomic mass is 10.1. The molecule has 0 spiro atoms. The van der Waals surface area contributed by atoms with E-state index >= 15 is 0 Å². The van der Waals surface area contributed by atoms with Crippen molar-refractivity contribution in [3.05, 3.63) is 53.6 Å². The quantitative estimate of drug-likeness (QED) is 0.661. The van der Waals surface area contributed by atoms with E-state index in [1.54, 1.807) is 14.2 Å². The average Bonchev–Trinajstić information content (AvgIpc) is 2.45. The zero-order valence-corrected chi connectivity index (χ0v) is 10.9. The molecule has 3 heteroatoms. The van der Waals surface area contributed by atoms with Gasteiger partial charge in [-0.15, -0.1) is 0 Å². The van der Waals surface area contributed by atoms with Crippen LogP contribution in [0.15, 0.2) is 42.5 Å². The molecule has 0 unspecified atom stereocenters. The van der Waals surface area contributed by atoms with Gasteiger partial charge in [-0.1, -0.05) is 17.9 Å². The summed E-state index contributed by atoms with van der Waals surface area (Å²) in [5.41, 5.74) is 8.10. The molecule has 0 aliphatic rings. The van der Waals surface area contributed by atoms with Crippen LogP contribution >= 0.6 is 0 Å². The number of hydrogen-bond donors (Lipinski definition) is 1. The number of ether oxygens (including phenoxy) is 2. The van der Waals surface area contributed by atoms with E-state index in [1.807, 2.05) is 42.5 Å². The van der Waals surface area contributed by atoms with E-state index in [1.165, 1.54) is 0 Å². The fourth-order valence-corrected chi connectivity index (χ4v) is 1.66. The Morgan fingerprint density at radius 1 is 0.947 bits per heavy atom. The van der Waals surface area contributed by atoms with Crippen LogP contribution in [0.1, 0.15) is 11.1 Å². The van der Waals surface area contributed by atoms with Crippen LogP contribution in [0.5, 0.6) is 11.5 Å². The second-order valence-corrected chi connectivity index (χ2v) is 3.94. The molecule has 0 amide bonds. The van der Waals surface area contributed by atoms with Gasteiger partial charge in [-0.3, -0.25) is 0 Å². The van der Waals surface area contributed by atoms with E-state index in [0.717, 1.165) is 16.9 Å². The van der Waals surface area contributed by atoms with Gasteiger partial charge in [0.1, 0.15) is 11.5 Å². The molecule has 0 bridgehead atoms. The van der Waals surface area contributed by atoms with E-state index < -0.39 is 0 Å². The van der Waals surface area contributed by atoms with Gasteiger partial charge in [0.15, 0.2) is 0 Å². The molecule has 0 aliphatic heterocycles. The summed E-state index contributed by atoms with van der Waals surface area (Å²) in [6, 6.07) is 13.0. The van der Waals surface area contributed by atoms with Crippen molar-refractivity contribution in [2.24, 2.45) is 0 Å². The smallest absolute Gasteiger partial charge is 0.138 e. The van der Waals surface area contributed by atoms with Crippen molar-refractivity contribution in [1.29, 1.82) is 0 Å². The van der Waals surface area contributed by atoms with Crippen LogP contribution in [0.4, 0.5) is 5.69 Å². The van der Waals surface area contributed by atoms with Gasteiger partial charge in [0.2, 0.25) is 0 Å². The van der Waals surface area contributed by atoms with Crippen molar-refractivity contribution in [1.82, 2.24) is 0 Å². The maximum absolute atomic E-state index is 5.71.